The highest BCUT2D eigenvalue weighted by molar-refractivity contribution is 5.75. The van der Waals surface area contributed by atoms with Crippen molar-refractivity contribution in [3.05, 3.63) is 0 Å². The number of carbonyl (C=O) groups is 1. The minimum Gasteiger partial charge on any atom is -0.481 e. The van der Waals surface area contributed by atoms with Crippen molar-refractivity contribution in [2.45, 2.75) is 33.6 Å². The van der Waals surface area contributed by atoms with Gasteiger partial charge in [-0.1, -0.05) is 13.8 Å². The Kier molecular flexibility index (Phi) is 1.95. The van der Waals surface area contributed by atoms with Gasteiger partial charge in [-0.05, 0) is 31.6 Å². The highest BCUT2D eigenvalue weighted by atomic mass is 16.4. The number of aliphatic carboxylic acids is 1. The Bertz CT molecular complexity index is 166. The summed E-state index contributed by atoms with van der Waals surface area (Å²) >= 11 is 0. The Morgan fingerprint density at radius 1 is 1.55 bits per heavy atom. The Hall–Kier alpha value is -0.530. The largest absolute Gasteiger partial charge is 0.481 e. The van der Waals surface area contributed by atoms with Crippen LogP contribution in [0.25, 0.3) is 0 Å². The van der Waals surface area contributed by atoms with Crippen molar-refractivity contribution in [3.63, 3.8) is 0 Å². The standard InChI is InChI=1S/C9H16O2/c1-6(2)7-4-9(3,5-7)8(10)11/h6-7H,4-5H2,1-3H3,(H,10,11). The summed E-state index contributed by atoms with van der Waals surface area (Å²) in [4.78, 5) is 10.7. The van der Waals surface area contributed by atoms with Gasteiger partial charge in [0.1, 0.15) is 0 Å². The second kappa shape index (κ2) is 2.50. The third kappa shape index (κ3) is 1.39. The maximum atomic E-state index is 10.7. The van der Waals surface area contributed by atoms with Gasteiger partial charge in [0.25, 0.3) is 0 Å². The third-order valence-electron chi connectivity index (χ3n) is 2.88. The van der Waals surface area contributed by atoms with Crippen molar-refractivity contribution in [3.8, 4) is 0 Å². The highest BCUT2D eigenvalue weighted by Crippen LogP contribution is 2.48. The molecule has 0 aliphatic heterocycles. The quantitative estimate of drug-likeness (QED) is 0.665. The Balaban J connectivity index is 2.44. The van der Waals surface area contributed by atoms with Crippen molar-refractivity contribution < 1.29 is 9.90 Å². The molecule has 64 valence electrons. The summed E-state index contributed by atoms with van der Waals surface area (Å²) in [5, 5.41) is 8.79. The summed E-state index contributed by atoms with van der Waals surface area (Å²) < 4.78 is 0. The van der Waals surface area contributed by atoms with E-state index in [0.717, 1.165) is 12.8 Å². The zero-order valence-corrected chi connectivity index (χ0v) is 7.42. The first kappa shape index (κ1) is 8.57. The molecule has 0 spiro atoms. The van der Waals surface area contributed by atoms with E-state index >= 15 is 0 Å². The van der Waals surface area contributed by atoms with E-state index in [-0.39, 0.29) is 0 Å². The first-order valence-corrected chi connectivity index (χ1v) is 4.19. The van der Waals surface area contributed by atoms with Crippen LogP contribution < -0.4 is 0 Å². The van der Waals surface area contributed by atoms with Crippen LogP contribution in [0.3, 0.4) is 0 Å². The second-order valence-corrected chi connectivity index (χ2v) is 4.28. The molecule has 0 bridgehead atoms. The lowest BCUT2D eigenvalue weighted by atomic mass is 9.60. The number of carboxylic acids is 1. The van der Waals surface area contributed by atoms with Crippen molar-refractivity contribution in [2.75, 3.05) is 0 Å². The Morgan fingerprint density at radius 3 is 2.27 bits per heavy atom. The Morgan fingerprint density at radius 2 is 2.00 bits per heavy atom. The van der Waals surface area contributed by atoms with E-state index in [2.05, 4.69) is 13.8 Å². The monoisotopic (exact) mass is 156 g/mol. The SMILES string of the molecule is CC(C)C1CC(C)(C(=O)O)C1. The fraction of sp³-hybridized carbons (Fsp3) is 0.889. The molecule has 0 amide bonds. The van der Waals surface area contributed by atoms with E-state index in [0.29, 0.717) is 11.8 Å². The maximum absolute atomic E-state index is 10.7. The van der Waals surface area contributed by atoms with Crippen LogP contribution in [0.1, 0.15) is 33.6 Å². The van der Waals surface area contributed by atoms with Crippen LogP contribution >= 0.6 is 0 Å². The molecule has 0 saturated heterocycles. The van der Waals surface area contributed by atoms with Gasteiger partial charge in [-0.15, -0.1) is 0 Å². The van der Waals surface area contributed by atoms with Crippen molar-refractivity contribution in [2.24, 2.45) is 17.3 Å². The minimum atomic E-state index is -0.630. The molecule has 2 heteroatoms. The van der Waals surface area contributed by atoms with Gasteiger partial charge >= 0.3 is 5.97 Å². The minimum absolute atomic E-state index is 0.408. The highest BCUT2D eigenvalue weighted by Gasteiger charge is 2.46. The molecule has 0 heterocycles. The zero-order valence-electron chi connectivity index (χ0n) is 7.42. The normalized spacial score (nSPS) is 36.9. The molecule has 0 radical (unpaired) electrons. The average Bonchev–Trinajstić information content (AvgIpc) is 1.79. The van der Waals surface area contributed by atoms with Gasteiger partial charge in [0.15, 0.2) is 0 Å². The summed E-state index contributed by atoms with van der Waals surface area (Å²) in [5.41, 5.74) is -0.408. The summed E-state index contributed by atoms with van der Waals surface area (Å²) in [6.45, 7) is 6.16. The van der Waals surface area contributed by atoms with E-state index in [4.69, 9.17) is 5.11 Å². The van der Waals surface area contributed by atoms with Gasteiger partial charge in [0.05, 0.1) is 5.41 Å². The van der Waals surface area contributed by atoms with Crippen LogP contribution in [0.15, 0.2) is 0 Å². The van der Waals surface area contributed by atoms with Crippen LogP contribution in [0.5, 0.6) is 0 Å². The van der Waals surface area contributed by atoms with E-state index in [1.165, 1.54) is 0 Å². The zero-order chi connectivity index (χ0) is 8.65. The first-order valence-electron chi connectivity index (χ1n) is 4.19. The molecule has 2 nitrogen and oxygen atoms in total. The molecule has 0 aromatic rings. The van der Waals surface area contributed by atoms with E-state index < -0.39 is 11.4 Å². The summed E-state index contributed by atoms with van der Waals surface area (Å²) in [6, 6.07) is 0. The van der Waals surface area contributed by atoms with Crippen LogP contribution in [0, 0.1) is 17.3 Å². The smallest absolute Gasteiger partial charge is 0.309 e. The molecule has 1 saturated carbocycles. The number of carboxylic acid groups (broad SMARTS) is 1. The van der Waals surface area contributed by atoms with E-state index in [9.17, 15) is 4.79 Å². The van der Waals surface area contributed by atoms with Gasteiger partial charge < -0.3 is 5.11 Å². The van der Waals surface area contributed by atoms with E-state index in [1.807, 2.05) is 6.92 Å². The van der Waals surface area contributed by atoms with Crippen LogP contribution in [0.4, 0.5) is 0 Å². The maximum Gasteiger partial charge on any atom is 0.309 e. The van der Waals surface area contributed by atoms with Gasteiger partial charge in [0.2, 0.25) is 0 Å². The molecule has 0 atom stereocenters. The lowest BCUT2D eigenvalue weighted by molar-refractivity contribution is -0.157. The molecule has 1 aliphatic rings. The van der Waals surface area contributed by atoms with Gasteiger partial charge in [-0.2, -0.15) is 0 Å². The van der Waals surface area contributed by atoms with Crippen molar-refractivity contribution in [1.82, 2.24) is 0 Å². The fourth-order valence-corrected chi connectivity index (χ4v) is 1.74. The van der Waals surface area contributed by atoms with E-state index in [1.54, 1.807) is 0 Å². The van der Waals surface area contributed by atoms with Crippen LogP contribution in [-0.4, -0.2) is 11.1 Å². The molecule has 1 rings (SSSR count). The number of rotatable bonds is 2. The summed E-state index contributed by atoms with van der Waals surface area (Å²) in [5.74, 6) is 0.646. The second-order valence-electron chi connectivity index (χ2n) is 4.28. The lowest BCUT2D eigenvalue weighted by Crippen LogP contribution is -2.43. The molecule has 1 fully saturated rings. The molecule has 11 heavy (non-hydrogen) atoms. The first-order chi connectivity index (χ1) is 4.96. The third-order valence-corrected chi connectivity index (χ3v) is 2.88. The number of hydrogen-bond donors (Lipinski definition) is 1. The average molecular weight is 156 g/mol. The predicted octanol–water partition coefficient (Wildman–Crippen LogP) is 2.14. The molecule has 1 aliphatic carbocycles. The molecule has 0 unspecified atom stereocenters. The van der Waals surface area contributed by atoms with Gasteiger partial charge in [-0.3, -0.25) is 4.79 Å². The fourth-order valence-electron chi connectivity index (χ4n) is 1.74. The molecule has 0 aromatic heterocycles. The molecular formula is C9H16O2. The van der Waals surface area contributed by atoms with Gasteiger partial charge in [0, 0.05) is 0 Å². The van der Waals surface area contributed by atoms with Crippen LogP contribution in [0.2, 0.25) is 0 Å². The summed E-state index contributed by atoms with van der Waals surface area (Å²) in [7, 11) is 0. The Labute approximate surface area is 67.6 Å². The molecule has 1 N–H and O–H groups in total. The van der Waals surface area contributed by atoms with Crippen LogP contribution in [-0.2, 0) is 4.79 Å². The van der Waals surface area contributed by atoms with Crippen molar-refractivity contribution >= 4 is 5.97 Å². The van der Waals surface area contributed by atoms with Crippen molar-refractivity contribution in [1.29, 1.82) is 0 Å². The predicted molar refractivity (Wildman–Crippen MR) is 43.3 cm³/mol. The number of hydrogen-bond acceptors (Lipinski definition) is 1. The lowest BCUT2D eigenvalue weighted by Gasteiger charge is -2.44. The van der Waals surface area contributed by atoms with Gasteiger partial charge in [-0.25, -0.2) is 0 Å². The molecule has 0 aromatic carbocycles. The topological polar surface area (TPSA) is 37.3 Å². The summed E-state index contributed by atoms with van der Waals surface area (Å²) in [6.07, 6.45) is 1.72. The molecular weight excluding hydrogens is 140 g/mol.